The quantitative estimate of drug-likeness (QED) is 0.430. The Kier molecular flexibility index (Phi) is 5.83. The van der Waals surface area contributed by atoms with Gasteiger partial charge in [-0.05, 0) is 41.5 Å². The minimum absolute atomic E-state index is 0.0765. The number of rotatable bonds is 6. The van der Waals surface area contributed by atoms with E-state index in [-0.39, 0.29) is 12.1 Å². The third-order valence-electron chi connectivity index (χ3n) is 5.57. The molecule has 2 heterocycles. The van der Waals surface area contributed by atoms with Crippen molar-refractivity contribution in [3.8, 4) is 16.9 Å². The molecular formula is C23H23FN2O4S2. The van der Waals surface area contributed by atoms with Crippen molar-refractivity contribution in [1.82, 2.24) is 9.71 Å². The van der Waals surface area contributed by atoms with Crippen molar-refractivity contribution >= 4 is 42.3 Å². The Balaban J connectivity index is 2.01. The third kappa shape index (κ3) is 3.92. The first kappa shape index (κ1) is 22.4. The number of pyridine rings is 1. The number of hydrogen-bond donors (Lipinski definition) is 2. The number of nitrogens with one attached hydrogen (secondary N) is 2. The lowest BCUT2D eigenvalue weighted by Gasteiger charge is -2.19. The largest absolute Gasteiger partial charge is 0.496 e. The van der Waals surface area contributed by atoms with Gasteiger partial charge in [-0.1, -0.05) is 25.1 Å². The van der Waals surface area contributed by atoms with Gasteiger partial charge in [-0.3, -0.25) is 4.79 Å². The van der Waals surface area contributed by atoms with Crippen molar-refractivity contribution in [1.29, 1.82) is 0 Å². The lowest BCUT2D eigenvalue weighted by atomic mass is 9.91. The Morgan fingerprint density at radius 1 is 1.28 bits per heavy atom. The van der Waals surface area contributed by atoms with Crippen LogP contribution in [0.1, 0.15) is 24.0 Å². The number of sulfonamides is 1. The molecule has 0 aliphatic heterocycles. The normalized spacial score (nSPS) is 13.0. The fourth-order valence-electron chi connectivity index (χ4n) is 4.01. The van der Waals surface area contributed by atoms with Crippen molar-refractivity contribution in [2.75, 3.05) is 19.9 Å². The number of methoxy groups -OCH3 is 1. The van der Waals surface area contributed by atoms with Crippen LogP contribution in [-0.4, -0.2) is 33.3 Å². The summed E-state index contributed by atoms with van der Waals surface area (Å²) in [7, 11) is -1.86. The molecule has 32 heavy (non-hydrogen) atoms. The number of thiophene rings is 1. The Morgan fingerprint density at radius 3 is 2.72 bits per heavy atom. The van der Waals surface area contributed by atoms with Gasteiger partial charge < -0.3 is 9.72 Å². The molecule has 4 aromatic rings. The second kappa shape index (κ2) is 8.31. The van der Waals surface area contributed by atoms with Crippen LogP contribution >= 0.6 is 11.3 Å². The maximum atomic E-state index is 15.9. The first-order chi connectivity index (χ1) is 15.1. The van der Waals surface area contributed by atoms with E-state index in [2.05, 4.69) is 9.71 Å². The predicted molar refractivity (Wildman–Crippen MR) is 128 cm³/mol. The molecule has 0 amide bonds. The number of aromatic amines is 1. The molecule has 0 saturated carbocycles. The molecule has 9 heteroatoms. The average molecular weight is 475 g/mol. The van der Waals surface area contributed by atoms with E-state index in [1.54, 1.807) is 31.2 Å². The first-order valence-corrected chi connectivity index (χ1v) is 12.7. The summed E-state index contributed by atoms with van der Waals surface area (Å²) in [6.07, 6.45) is 1.07. The van der Waals surface area contributed by atoms with Gasteiger partial charge in [0.05, 0.1) is 18.9 Å². The molecular weight excluding hydrogens is 451 g/mol. The summed E-state index contributed by atoms with van der Waals surface area (Å²) >= 11 is 1.33. The fourth-order valence-corrected chi connectivity index (χ4v) is 5.36. The summed E-state index contributed by atoms with van der Waals surface area (Å²) < 4.78 is 47.5. The zero-order chi connectivity index (χ0) is 23.2. The van der Waals surface area contributed by atoms with E-state index < -0.39 is 21.8 Å². The number of aromatic nitrogens is 1. The Bertz CT molecular complexity index is 1510. The van der Waals surface area contributed by atoms with Crippen LogP contribution in [0.3, 0.4) is 0 Å². The van der Waals surface area contributed by atoms with E-state index in [0.717, 1.165) is 22.6 Å². The molecule has 2 N–H and O–H groups in total. The van der Waals surface area contributed by atoms with Crippen LogP contribution in [0.2, 0.25) is 0 Å². The molecule has 0 spiro atoms. The second-order valence-electron chi connectivity index (χ2n) is 7.87. The summed E-state index contributed by atoms with van der Waals surface area (Å²) in [6.45, 7) is 3.71. The van der Waals surface area contributed by atoms with E-state index in [9.17, 15) is 13.2 Å². The van der Waals surface area contributed by atoms with Gasteiger partial charge in [-0.15, -0.1) is 11.3 Å². The molecule has 2 aromatic heterocycles. The maximum absolute atomic E-state index is 15.9. The molecule has 0 unspecified atom stereocenters. The zero-order valence-electron chi connectivity index (χ0n) is 18.1. The van der Waals surface area contributed by atoms with Crippen LogP contribution in [0.15, 0.2) is 40.5 Å². The molecule has 1 atom stereocenters. The highest BCUT2D eigenvalue weighted by molar-refractivity contribution is 7.88. The number of fused-ring (bicyclic) bond motifs is 3. The summed E-state index contributed by atoms with van der Waals surface area (Å²) in [5.41, 5.74) is 2.53. The van der Waals surface area contributed by atoms with Crippen molar-refractivity contribution in [3.05, 3.63) is 63.0 Å². The SMILES string of the molecule is COc1cc(C)c2[nH]c(=O)c3sccc3c2c1-c1cccc([C@@H](C)CNS(C)(=O)=O)c1F. The van der Waals surface area contributed by atoms with Crippen molar-refractivity contribution in [2.24, 2.45) is 0 Å². The molecule has 0 bridgehead atoms. The van der Waals surface area contributed by atoms with Crippen LogP contribution in [0.5, 0.6) is 5.75 Å². The van der Waals surface area contributed by atoms with Crippen LogP contribution in [0.25, 0.3) is 32.1 Å². The summed E-state index contributed by atoms with van der Waals surface area (Å²) in [5.74, 6) is -0.353. The van der Waals surface area contributed by atoms with Gasteiger partial charge in [0.2, 0.25) is 10.0 Å². The number of benzene rings is 2. The fraction of sp³-hybridized carbons (Fsp3) is 0.261. The number of ether oxygens (including phenoxy) is 1. The number of halogens is 1. The Hall–Kier alpha value is -2.75. The molecule has 0 aliphatic rings. The van der Waals surface area contributed by atoms with E-state index in [0.29, 0.717) is 32.7 Å². The van der Waals surface area contributed by atoms with Crippen LogP contribution in [-0.2, 0) is 10.0 Å². The smallest absolute Gasteiger partial charge is 0.266 e. The highest BCUT2D eigenvalue weighted by Crippen LogP contribution is 2.43. The van der Waals surface area contributed by atoms with Gasteiger partial charge in [-0.2, -0.15) is 0 Å². The highest BCUT2D eigenvalue weighted by atomic mass is 32.2. The molecule has 0 radical (unpaired) electrons. The van der Waals surface area contributed by atoms with E-state index >= 15 is 4.39 Å². The zero-order valence-corrected chi connectivity index (χ0v) is 19.7. The summed E-state index contributed by atoms with van der Waals surface area (Å²) in [4.78, 5) is 15.5. The van der Waals surface area contributed by atoms with Gasteiger partial charge in [0.1, 0.15) is 16.3 Å². The molecule has 4 rings (SSSR count). The number of aryl methyl sites for hydroxylation is 1. The van der Waals surface area contributed by atoms with E-state index in [1.165, 1.54) is 18.4 Å². The summed E-state index contributed by atoms with van der Waals surface area (Å²) in [5, 5.41) is 3.29. The predicted octanol–water partition coefficient (Wildman–Crippen LogP) is 4.52. The molecule has 6 nitrogen and oxygen atoms in total. The van der Waals surface area contributed by atoms with Crippen molar-refractivity contribution in [3.63, 3.8) is 0 Å². The van der Waals surface area contributed by atoms with Gasteiger partial charge in [-0.25, -0.2) is 17.5 Å². The lowest BCUT2D eigenvalue weighted by Crippen LogP contribution is -2.26. The Morgan fingerprint density at radius 2 is 2.03 bits per heavy atom. The van der Waals surface area contributed by atoms with E-state index in [4.69, 9.17) is 4.74 Å². The van der Waals surface area contributed by atoms with E-state index in [1.807, 2.05) is 18.4 Å². The molecule has 2 aromatic carbocycles. The van der Waals surface area contributed by atoms with Crippen molar-refractivity contribution in [2.45, 2.75) is 19.8 Å². The van der Waals surface area contributed by atoms with Crippen molar-refractivity contribution < 1.29 is 17.5 Å². The van der Waals surface area contributed by atoms with Crippen LogP contribution < -0.4 is 15.0 Å². The standard InChI is InChI=1S/C23H23FN2O4S2/c1-12-10-17(30-3)18(19-16-8-9-31-22(16)23(27)26-21(12)19)15-7-5-6-14(20(15)24)13(2)11-25-32(4,28)29/h5-10,13,25H,11H2,1-4H3,(H,26,27)/t13-/m0/s1. The van der Waals surface area contributed by atoms with Gasteiger partial charge >= 0.3 is 0 Å². The topological polar surface area (TPSA) is 88.3 Å². The second-order valence-corrected chi connectivity index (χ2v) is 10.6. The first-order valence-electron chi connectivity index (χ1n) is 9.96. The number of H-pyrrole nitrogens is 1. The minimum atomic E-state index is -3.39. The monoisotopic (exact) mass is 474 g/mol. The van der Waals surface area contributed by atoms with Gasteiger partial charge in [0, 0.05) is 28.4 Å². The highest BCUT2D eigenvalue weighted by Gasteiger charge is 2.23. The molecule has 0 fully saturated rings. The Labute approximate surface area is 189 Å². The lowest BCUT2D eigenvalue weighted by molar-refractivity contribution is 0.416. The average Bonchev–Trinajstić information content (AvgIpc) is 3.23. The number of hydrogen-bond acceptors (Lipinski definition) is 5. The molecule has 0 saturated heterocycles. The van der Waals surface area contributed by atoms with Gasteiger partial charge in [0.25, 0.3) is 5.56 Å². The van der Waals surface area contributed by atoms with Gasteiger partial charge in [0.15, 0.2) is 0 Å². The minimum Gasteiger partial charge on any atom is -0.496 e. The maximum Gasteiger partial charge on any atom is 0.266 e. The third-order valence-corrected chi connectivity index (χ3v) is 7.17. The summed E-state index contributed by atoms with van der Waals surface area (Å²) in [6, 6.07) is 8.71. The molecule has 0 aliphatic carbocycles. The molecule has 168 valence electrons. The van der Waals surface area contributed by atoms with Crippen LogP contribution in [0, 0.1) is 12.7 Å². The van der Waals surface area contributed by atoms with Crippen LogP contribution in [0.4, 0.5) is 4.39 Å².